The van der Waals surface area contributed by atoms with Gasteiger partial charge in [-0.3, -0.25) is 4.98 Å². The largest absolute Gasteiger partial charge is 0.307 e. The van der Waals surface area contributed by atoms with Gasteiger partial charge in [0.15, 0.2) is 5.82 Å². The molecule has 2 rings (SSSR count). The molecule has 6 heteroatoms. The molecule has 0 saturated carbocycles. The number of hydrogen-bond acceptors (Lipinski definition) is 6. The van der Waals surface area contributed by atoms with Gasteiger partial charge in [-0.1, -0.05) is 0 Å². The molecule has 5 nitrogen and oxygen atoms in total. The van der Waals surface area contributed by atoms with Crippen LogP contribution in [0.5, 0.6) is 0 Å². The van der Waals surface area contributed by atoms with E-state index in [1.807, 2.05) is 6.07 Å². The molecule has 0 aromatic carbocycles. The Kier molecular flexibility index (Phi) is 2.15. The van der Waals surface area contributed by atoms with E-state index in [2.05, 4.69) is 20.6 Å². The van der Waals surface area contributed by atoms with Crippen molar-refractivity contribution in [2.24, 2.45) is 5.84 Å². The first kappa shape index (κ1) is 8.09. The Bertz CT molecular complexity index is 368. The second-order valence-corrected chi connectivity index (χ2v) is 3.20. The average molecular weight is 193 g/mol. The molecule has 0 saturated heterocycles. The molecule has 0 aliphatic carbocycles. The summed E-state index contributed by atoms with van der Waals surface area (Å²) < 4.78 is 0. The zero-order valence-electron chi connectivity index (χ0n) is 6.64. The molecule has 0 radical (unpaired) electrons. The zero-order chi connectivity index (χ0) is 9.10. The Morgan fingerprint density at radius 2 is 2.23 bits per heavy atom. The molecule has 0 fully saturated rings. The summed E-state index contributed by atoms with van der Waals surface area (Å²) in [6.45, 7) is 0. The predicted octanol–water partition coefficient (Wildman–Crippen LogP) is 0.886. The van der Waals surface area contributed by atoms with Gasteiger partial charge in [0.1, 0.15) is 5.69 Å². The Morgan fingerprint density at radius 3 is 2.77 bits per heavy atom. The standard InChI is InChI=1S/C7H7N5S/c8-10-7-2-1-5(11-12-7)6-3-9-4-13-6/h1-4H,8H2,(H,10,12). The minimum atomic E-state index is 0.549. The van der Waals surface area contributed by atoms with Crippen LogP contribution in [-0.4, -0.2) is 15.2 Å². The summed E-state index contributed by atoms with van der Waals surface area (Å²) in [5.74, 6) is 5.71. The summed E-state index contributed by atoms with van der Waals surface area (Å²) >= 11 is 1.52. The quantitative estimate of drug-likeness (QED) is 0.547. The average Bonchev–Trinajstić information content (AvgIpc) is 2.71. The number of nitrogen functional groups attached to an aromatic ring is 1. The van der Waals surface area contributed by atoms with Gasteiger partial charge in [0.2, 0.25) is 0 Å². The van der Waals surface area contributed by atoms with Crippen LogP contribution < -0.4 is 11.3 Å². The van der Waals surface area contributed by atoms with Crippen LogP contribution in [-0.2, 0) is 0 Å². The molecular formula is C7H7N5S. The van der Waals surface area contributed by atoms with Crippen molar-refractivity contribution in [2.75, 3.05) is 5.43 Å². The highest BCUT2D eigenvalue weighted by atomic mass is 32.1. The summed E-state index contributed by atoms with van der Waals surface area (Å²) in [4.78, 5) is 4.95. The third kappa shape index (κ3) is 1.63. The molecule has 2 aromatic heterocycles. The fourth-order valence-electron chi connectivity index (χ4n) is 0.883. The van der Waals surface area contributed by atoms with Crippen LogP contribution in [0.3, 0.4) is 0 Å². The van der Waals surface area contributed by atoms with E-state index >= 15 is 0 Å². The van der Waals surface area contributed by atoms with E-state index in [1.54, 1.807) is 17.8 Å². The summed E-state index contributed by atoms with van der Waals surface area (Å²) in [6.07, 6.45) is 1.75. The highest BCUT2D eigenvalue weighted by Crippen LogP contribution is 2.20. The molecule has 2 aromatic rings. The number of rotatable bonds is 2. The van der Waals surface area contributed by atoms with Gasteiger partial charge in [-0.05, 0) is 12.1 Å². The van der Waals surface area contributed by atoms with Gasteiger partial charge in [0.25, 0.3) is 0 Å². The van der Waals surface area contributed by atoms with Gasteiger partial charge in [0, 0.05) is 6.20 Å². The Morgan fingerprint density at radius 1 is 1.31 bits per heavy atom. The highest BCUT2D eigenvalue weighted by Gasteiger charge is 2.00. The van der Waals surface area contributed by atoms with Crippen molar-refractivity contribution >= 4 is 17.2 Å². The van der Waals surface area contributed by atoms with Crippen LogP contribution in [0.4, 0.5) is 5.82 Å². The first-order valence-electron chi connectivity index (χ1n) is 3.59. The maximum absolute atomic E-state index is 5.16. The van der Waals surface area contributed by atoms with Gasteiger partial charge in [-0.25, -0.2) is 5.84 Å². The molecule has 0 bridgehead atoms. The molecule has 0 aliphatic rings. The van der Waals surface area contributed by atoms with E-state index in [0.29, 0.717) is 5.82 Å². The van der Waals surface area contributed by atoms with Crippen molar-refractivity contribution in [3.8, 4) is 10.6 Å². The van der Waals surface area contributed by atoms with Crippen molar-refractivity contribution in [3.05, 3.63) is 23.8 Å². The van der Waals surface area contributed by atoms with Crippen molar-refractivity contribution < 1.29 is 0 Å². The first-order valence-corrected chi connectivity index (χ1v) is 4.47. The SMILES string of the molecule is NNc1ccc(-c2cncs2)nn1. The van der Waals surface area contributed by atoms with Crippen molar-refractivity contribution in [3.63, 3.8) is 0 Å². The maximum atomic E-state index is 5.16. The van der Waals surface area contributed by atoms with Crippen LogP contribution in [0, 0.1) is 0 Å². The van der Waals surface area contributed by atoms with E-state index in [9.17, 15) is 0 Å². The first-order chi connectivity index (χ1) is 6.40. The van der Waals surface area contributed by atoms with E-state index in [-0.39, 0.29) is 0 Å². The van der Waals surface area contributed by atoms with Gasteiger partial charge in [-0.2, -0.15) is 0 Å². The van der Waals surface area contributed by atoms with Gasteiger partial charge >= 0.3 is 0 Å². The van der Waals surface area contributed by atoms with Crippen molar-refractivity contribution in [2.45, 2.75) is 0 Å². The summed E-state index contributed by atoms with van der Waals surface area (Å²) in [5.41, 5.74) is 4.98. The second kappa shape index (κ2) is 3.46. The molecule has 0 unspecified atom stereocenters. The van der Waals surface area contributed by atoms with Crippen LogP contribution in [0.1, 0.15) is 0 Å². The lowest BCUT2D eigenvalue weighted by Gasteiger charge is -1.97. The number of hydrogen-bond donors (Lipinski definition) is 2. The lowest BCUT2D eigenvalue weighted by atomic mass is 10.3. The molecular weight excluding hydrogens is 186 g/mol. The fourth-order valence-corrected chi connectivity index (χ4v) is 1.47. The third-order valence-corrected chi connectivity index (χ3v) is 2.29. The molecule has 0 atom stereocenters. The lowest BCUT2D eigenvalue weighted by molar-refractivity contribution is 1.03. The van der Waals surface area contributed by atoms with Crippen molar-refractivity contribution in [1.29, 1.82) is 0 Å². The lowest BCUT2D eigenvalue weighted by Crippen LogP contribution is -2.08. The highest BCUT2D eigenvalue weighted by molar-refractivity contribution is 7.13. The number of hydrazine groups is 1. The summed E-state index contributed by atoms with van der Waals surface area (Å²) in [7, 11) is 0. The second-order valence-electron chi connectivity index (χ2n) is 2.31. The van der Waals surface area contributed by atoms with Crippen LogP contribution in [0.2, 0.25) is 0 Å². The van der Waals surface area contributed by atoms with Crippen LogP contribution in [0.25, 0.3) is 10.6 Å². The normalized spacial score (nSPS) is 9.92. The Balaban J connectivity index is 2.33. The number of nitrogens with two attached hydrogens (primary N) is 1. The minimum Gasteiger partial charge on any atom is -0.307 e. The molecule has 0 amide bonds. The molecule has 13 heavy (non-hydrogen) atoms. The Labute approximate surface area is 78.6 Å². The number of nitrogens with zero attached hydrogens (tertiary/aromatic N) is 3. The molecule has 0 aliphatic heterocycles. The van der Waals surface area contributed by atoms with E-state index in [4.69, 9.17) is 5.84 Å². The minimum absolute atomic E-state index is 0.549. The number of anilines is 1. The molecule has 66 valence electrons. The van der Waals surface area contributed by atoms with E-state index in [1.165, 1.54) is 11.3 Å². The van der Waals surface area contributed by atoms with Gasteiger partial charge < -0.3 is 5.43 Å². The Hall–Kier alpha value is -1.53. The zero-order valence-corrected chi connectivity index (χ0v) is 7.45. The maximum Gasteiger partial charge on any atom is 0.162 e. The topological polar surface area (TPSA) is 76.7 Å². The molecule has 2 heterocycles. The number of nitrogens with one attached hydrogen (secondary N) is 1. The van der Waals surface area contributed by atoms with Crippen LogP contribution >= 0.6 is 11.3 Å². The fraction of sp³-hybridized carbons (Fsp3) is 0. The van der Waals surface area contributed by atoms with E-state index in [0.717, 1.165) is 10.6 Å². The van der Waals surface area contributed by atoms with Crippen LogP contribution in [0.15, 0.2) is 23.8 Å². The number of aromatic nitrogens is 3. The summed E-state index contributed by atoms with van der Waals surface area (Å²) in [6, 6.07) is 3.61. The predicted molar refractivity (Wildman–Crippen MR) is 51.0 cm³/mol. The number of thiazole rings is 1. The summed E-state index contributed by atoms with van der Waals surface area (Å²) in [5, 5.41) is 7.82. The van der Waals surface area contributed by atoms with Crippen molar-refractivity contribution in [1.82, 2.24) is 15.2 Å². The monoisotopic (exact) mass is 193 g/mol. The molecule has 0 spiro atoms. The van der Waals surface area contributed by atoms with Gasteiger partial charge in [-0.15, -0.1) is 21.5 Å². The third-order valence-electron chi connectivity index (χ3n) is 1.50. The van der Waals surface area contributed by atoms with E-state index < -0.39 is 0 Å². The van der Waals surface area contributed by atoms with Gasteiger partial charge in [0.05, 0.1) is 10.4 Å². The smallest absolute Gasteiger partial charge is 0.162 e. The molecule has 3 N–H and O–H groups in total.